The van der Waals surface area contributed by atoms with E-state index in [4.69, 9.17) is 4.74 Å². The van der Waals surface area contributed by atoms with Crippen LogP contribution in [0.4, 0.5) is 4.79 Å². The lowest BCUT2D eigenvalue weighted by Crippen LogP contribution is -2.51. The molecule has 10 nitrogen and oxygen atoms in total. The number of H-pyrrole nitrogens is 1. The Morgan fingerprint density at radius 3 is 2.50 bits per heavy atom. The minimum absolute atomic E-state index is 0.0757. The molecule has 3 heterocycles. The number of hydrogen-bond donors (Lipinski definition) is 1. The van der Waals surface area contributed by atoms with E-state index in [1.54, 1.807) is 21.4 Å². The topological polar surface area (TPSA) is 113 Å². The summed E-state index contributed by atoms with van der Waals surface area (Å²) in [6, 6.07) is 7.76. The molecule has 0 unspecified atom stereocenters. The van der Waals surface area contributed by atoms with E-state index in [1.165, 1.54) is 18.0 Å². The highest BCUT2D eigenvalue weighted by Crippen LogP contribution is 2.19. The molecule has 2 aromatic heterocycles. The van der Waals surface area contributed by atoms with Gasteiger partial charge in [0.1, 0.15) is 5.39 Å². The number of aromatic nitrogens is 4. The first-order chi connectivity index (χ1) is 15.5. The van der Waals surface area contributed by atoms with Gasteiger partial charge in [-0.05, 0) is 26.0 Å². The number of hydrogen-bond acceptors (Lipinski definition) is 7. The van der Waals surface area contributed by atoms with Gasteiger partial charge in [0.15, 0.2) is 10.8 Å². The standard InChI is InChI=1S/C21H24N6O4S/c1-3-31-21(30)26-10-8-25(9-11-26)17(28)13-32-20-23-18-16(19(29)24-20)12-22-27(18)15-6-4-14(2)5-7-15/h4-7,12H,3,8-11,13H2,1-2H3,(H,23,24,29). The summed E-state index contributed by atoms with van der Waals surface area (Å²) in [6.07, 6.45) is 1.14. The molecular weight excluding hydrogens is 432 g/mol. The Bertz CT molecular complexity index is 1180. The normalized spacial score (nSPS) is 14.1. The van der Waals surface area contributed by atoms with Crippen molar-refractivity contribution < 1.29 is 14.3 Å². The smallest absolute Gasteiger partial charge is 0.409 e. The highest BCUT2D eigenvalue weighted by atomic mass is 32.2. The third-order valence-electron chi connectivity index (χ3n) is 5.19. The van der Waals surface area contributed by atoms with Gasteiger partial charge in [-0.2, -0.15) is 5.10 Å². The minimum Gasteiger partial charge on any atom is -0.450 e. The Morgan fingerprint density at radius 2 is 1.81 bits per heavy atom. The number of nitrogens with one attached hydrogen (secondary N) is 1. The van der Waals surface area contributed by atoms with Gasteiger partial charge in [0.25, 0.3) is 5.56 Å². The summed E-state index contributed by atoms with van der Waals surface area (Å²) in [5, 5.41) is 5.05. The van der Waals surface area contributed by atoms with Crippen molar-refractivity contribution in [3.63, 3.8) is 0 Å². The largest absolute Gasteiger partial charge is 0.450 e. The Labute approximate surface area is 188 Å². The van der Waals surface area contributed by atoms with Crippen LogP contribution in [0.2, 0.25) is 0 Å². The van der Waals surface area contributed by atoms with Gasteiger partial charge in [-0.15, -0.1) is 0 Å². The second-order valence-corrected chi connectivity index (χ2v) is 8.32. The molecule has 0 spiro atoms. The zero-order valence-electron chi connectivity index (χ0n) is 17.9. The highest BCUT2D eigenvalue weighted by Gasteiger charge is 2.25. The van der Waals surface area contributed by atoms with E-state index in [9.17, 15) is 14.4 Å². The van der Waals surface area contributed by atoms with Crippen LogP contribution in [0.5, 0.6) is 0 Å². The first kappa shape index (κ1) is 21.9. The van der Waals surface area contributed by atoms with E-state index in [0.29, 0.717) is 49.0 Å². The van der Waals surface area contributed by atoms with Crippen molar-refractivity contribution in [3.05, 3.63) is 46.4 Å². The molecule has 1 N–H and O–H groups in total. The lowest BCUT2D eigenvalue weighted by atomic mass is 10.2. The Hall–Kier alpha value is -3.34. The van der Waals surface area contributed by atoms with Crippen LogP contribution < -0.4 is 5.56 Å². The van der Waals surface area contributed by atoms with Crippen LogP contribution in [0.3, 0.4) is 0 Å². The number of rotatable bonds is 5. The quantitative estimate of drug-likeness (QED) is 0.460. The molecule has 0 radical (unpaired) electrons. The second kappa shape index (κ2) is 9.43. The van der Waals surface area contributed by atoms with Gasteiger partial charge in [-0.1, -0.05) is 29.5 Å². The van der Waals surface area contributed by atoms with E-state index in [2.05, 4.69) is 15.1 Å². The Kier molecular flexibility index (Phi) is 6.45. The number of fused-ring (bicyclic) bond motifs is 1. The average molecular weight is 457 g/mol. The summed E-state index contributed by atoms with van der Waals surface area (Å²) in [7, 11) is 0. The zero-order valence-corrected chi connectivity index (χ0v) is 18.7. The molecule has 0 aliphatic carbocycles. The van der Waals surface area contributed by atoms with E-state index in [-0.39, 0.29) is 23.3 Å². The van der Waals surface area contributed by atoms with Crippen molar-refractivity contribution in [3.8, 4) is 5.69 Å². The van der Waals surface area contributed by atoms with Crippen LogP contribution >= 0.6 is 11.8 Å². The van der Waals surface area contributed by atoms with E-state index >= 15 is 0 Å². The molecule has 2 amide bonds. The molecule has 0 atom stereocenters. The van der Waals surface area contributed by atoms with Crippen LogP contribution in [0.1, 0.15) is 12.5 Å². The molecule has 32 heavy (non-hydrogen) atoms. The summed E-state index contributed by atoms with van der Waals surface area (Å²) in [4.78, 5) is 47.5. The van der Waals surface area contributed by atoms with Crippen molar-refractivity contribution in [1.29, 1.82) is 0 Å². The second-order valence-electron chi connectivity index (χ2n) is 7.36. The van der Waals surface area contributed by atoms with Crippen LogP contribution in [0, 0.1) is 6.92 Å². The minimum atomic E-state index is -0.353. The maximum Gasteiger partial charge on any atom is 0.409 e. The van der Waals surface area contributed by atoms with Gasteiger partial charge in [0.2, 0.25) is 5.91 Å². The number of thioether (sulfide) groups is 1. The maximum atomic E-state index is 12.6. The molecule has 3 aromatic rings. The van der Waals surface area contributed by atoms with Gasteiger partial charge < -0.3 is 19.5 Å². The van der Waals surface area contributed by atoms with Crippen LogP contribution in [0.25, 0.3) is 16.7 Å². The van der Waals surface area contributed by atoms with Gasteiger partial charge in [-0.25, -0.2) is 14.5 Å². The van der Waals surface area contributed by atoms with E-state index in [1.807, 2.05) is 31.2 Å². The first-order valence-corrected chi connectivity index (χ1v) is 11.3. The maximum absolute atomic E-state index is 12.6. The molecule has 4 rings (SSSR count). The molecule has 1 aromatic carbocycles. The summed E-state index contributed by atoms with van der Waals surface area (Å²) in [5.74, 6) is 0.0558. The summed E-state index contributed by atoms with van der Waals surface area (Å²) < 4.78 is 6.62. The van der Waals surface area contributed by atoms with E-state index < -0.39 is 0 Å². The van der Waals surface area contributed by atoms with Gasteiger partial charge in [0.05, 0.1) is 24.2 Å². The fourth-order valence-corrected chi connectivity index (χ4v) is 4.17. The molecule has 1 fully saturated rings. The molecule has 1 aliphatic rings. The van der Waals surface area contributed by atoms with Gasteiger partial charge >= 0.3 is 6.09 Å². The number of aryl methyl sites for hydroxylation is 1. The van der Waals surface area contributed by atoms with Crippen LogP contribution in [-0.2, 0) is 9.53 Å². The number of nitrogens with zero attached hydrogens (tertiary/aromatic N) is 5. The molecular formula is C21H24N6O4S. The predicted octanol–water partition coefficient (Wildman–Crippen LogP) is 1.81. The first-order valence-electron chi connectivity index (χ1n) is 10.3. The van der Waals surface area contributed by atoms with Crippen LogP contribution in [-0.4, -0.2) is 80.1 Å². The van der Waals surface area contributed by atoms with Crippen molar-refractivity contribution in [2.45, 2.75) is 19.0 Å². The molecule has 0 bridgehead atoms. The average Bonchev–Trinajstić information content (AvgIpc) is 3.23. The molecule has 168 valence electrons. The van der Waals surface area contributed by atoms with Gasteiger partial charge in [-0.3, -0.25) is 9.59 Å². The lowest BCUT2D eigenvalue weighted by molar-refractivity contribution is -0.129. The van der Waals surface area contributed by atoms with Crippen molar-refractivity contribution in [2.75, 3.05) is 38.5 Å². The number of benzene rings is 1. The summed E-state index contributed by atoms with van der Waals surface area (Å²) in [6.45, 7) is 5.85. The van der Waals surface area contributed by atoms with Crippen molar-refractivity contribution in [2.24, 2.45) is 0 Å². The van der Waals surface area contributed by atoms with Gasteiger partial charge in [0, 0.05) is 26.2 Å². The number of carbonyl (C=O) groups excluding carboxylic acids is 2. The molecule has 0 saturated carbocycles. The highest BCUT2D eigenvalue weighted by molar-refractivity contribution is 7.99. The molecule has 1 aliphatic heterocycles. The van der Waals surface area contributed by atoms with E-state index in [0.717, 1.165) is 11.3 Å². The number of carbonyl (C=O) groups is 2. The lowest BCUT2D eigenvalue weighted by Gasteiger charge is -2.34. The fourth-order valence-electron chi connectivity index (χ4n) is 3.42. The third kappa shape index (κ3) is 4.62. The molecule has 1 saturated heterocycles. The third-order valence-corrected chi connectivity index (χ3v) is 6.04. The molecule has 11 heteroatoms. The van der Waals surface area contributed by atoms with Crippen molar-refractivity contribution >= 4 is 34.8 Å². The number of amides is 2. The Morgan fingerprint density at radius 1 is 1.12 bits per heavy atom. The summed E-state index contributed by atoms with van der Waals surface area (Å²) in [5.41, 5.74) is 2.06. The number of ether oxygens (including phenoxy) is 1. The Balaban J connectivity index is 1.43. The number of piperazine rings is 1. The number of aromatic amines is 1. The predicted molar refractivity (Wildman–Crippen MR) is 120 cm³/mol. The monoisotopic (exact) mass is 456 g/mol. The summed E-state index contributed by atoms with van der Waals surface area (Å²) >= 11 is 1.17. The zero-order chi connectivity index (χ0) is 22.7. The van der Waals surface area contributed by atoms with Crippen LogP contribution in [0.15, 0.2) is 40.4 Å². The fraction of sp³-hybridized carbons (Fsp3) is 0.381. The van der Waals surface area contributed by atoms with Crippen molar-refractivity contribution in [1.82, 2.24) is 29.5 Å². The SMILES string of the molecule is CCOC(=O)N1CCN(C(=O)CSc2nc3c(cnn3-c3ccc(C)cc3)c(=O)[nH]2)CC1.